The molecule has 24 heavy (non-hydrogen) atoms. The van der Waals surface area contributed by atoms with E-state index in [1.54, 1.807) is 18.2 Å². The van der Waals surface area contributed by atoms with Crippen LogP contribution >= 0.6 is 0 Å². The number of carbonyl (C=O) groups excluding carboxylic acids is 2. The molecule has 0 unspecified atom stereocenters. The molecular weight excluding hydrogens is 309 g/mol. The van der Waals surface area contributed by atoms with Crippen LogP contribution in [0.2, 0.25) is 0 Å². The molecule has 1 aromatic heterocycles. The first-order valence-electron chi connectivity index (χ1n) is 7.48. The first-order valence-corrected chi connectivity index (χ1v) is 7.48. The van der Waals surface area contributed by atoms with Gasteiger partial charge in [-0.3, -0.25) is 14.6 Å². The molecule has 0 bridgehead atoms. The van der Waals surface area contributed by atoms with E-state index in [2.05, 4.69) is 22.2 Å². The molecular formula is C18H18FN3O2. The van der Waals surface area contributed by atoms with Gasteiger partial charge in [0.1, 0.15) is 11.5 Å². The lowest BCUT2D eigenvalue weighted by atomic mass is 10.1. The molecule has 2 aromatic rings. The second-order valence-electron chi connectivity index (χ2n) is 5.06. The Morgan fingerprint density at radius 3 is 2.58 bits per heavy atom. The Labute approximate surface area is 139 Å². The number of pyridine rings is 1. The van der Waals surface area contributed by atoms with E-state index in [1.807, 2.05) is 0 Å². The summed E-state index contributed by atoms with van der Waals surface area (Å²) < 4.78 is 12.8. The van der Waals surface area contributed by atoms with Crippen molar-refractivity contribution in [3.8, 4) is 0 Å². The van der Waals surface area contributed by atoms with Gasteiger partial charge in [-0.2, -0.15) is 0 Å². The fourth-order valence-electron chi connectivity index (χ4n) is 2.02. The molecule has 124 valence electrons. The molecule has 1 aromatic carbocycles. The smallest absolute Gasteiger partial charge is 0.269 e. The van der Waals surface area contributed by atoms with E-state index in [0.29, 0.717) is 25.1 Å². The van der Waals surface area contributed by atoms with Crippen molar-refractivity contribution in [1.29, 1.82) is 0 Å². The maximum Gasteiger partial charge on any atom is 0.269 e. The average molecular weight is 327 g/mol. The van der Waals surface area contributed by atoms with Gasteiger partial charge in [0.2, 0.25) is 0 Å². The Kier molecular flexibility index (Phi) is 6.19. The van der Waals surface area contributed by atoms with Crippen LogP contribution < -0.4 is 10.6 Å². The third kappa shape index (κ3) is 5.01. The van der Waals surface area contributed by atoms with Crippen molar-refractivity contribution in [2.45, 2.75) is 6.42 Å². The molecule has 6 heteroatoms. The second-order valence-corrected chi connectivity index (χ2v) is 5.06. The van der Waals surface area contributed by atoms with Gasteiger partial charge in [-0.05, 0) is 36.2 Å². The van der Waals surface area contributed by atoms with Gasteiger partial charge in [0.05, 0.1) is 0 Å². The van der Waals surface area contributed by atoms with Crippen LogP contribution in [0.5, 0.6) is 0 Å². The van der Waals surface area contributed by atoms with Crippen molar-refractivity contribution in [3.63, 3.8) is 0 Å². The molecule has 1 heterocycles. The van der Waals surface area contributed by atoms with Crippen molar-refractivity contribution >= 4 is 11.8 Å². The number of carbonyl (C=O) groups is 2. The summed E-state index contributed by atoms with van der Waals surface area (Å²) >= 11 is 0. The summed E-state index contributed by atoms with van der Waals surface area (Å²) in [7, 11) is 0. The lowest BCUT2D eigenvalue weighted by Gasteiger charge is -2.07. The van der Waals surface area contributed by atoms with Gasteiger partial charge in [0.25, 0.3) is 11.8 Å². The van der Waals surface area contributed by atoms with Crippen LogP contribution in [0.15, 0.2) is 55.3 Å². The normalized spacial score (nSPS) is 10.0. The molecule has 2 N–H and O–H groups in total. The van der Waals surface area contributed by atoms with Crippen LogP contribution in [-0.2, 0) is 6.42 Å². The summed E-state index contributed by atoms with van der Waals surface area (Å²) in [6.45, 7) is 4.26. The predicted octanol–water partition coefficient (Wildman–Crippen LogP) is 2.11. The Balaban J connectivity index is 1.91. The predicted molar refractivity (Wildman–Crippen MR) is 89.2 cm³/mol. The highest BCUT2D eigenvalue weighted by atomic mass is 19.1. The minimum Gasteiger partial charge on any atom is -0.350 e. The number of benzene rings is 1. The van der Waals surface area contributed by atoms with Gasteiger partial charge in [0.15, 0.2) is 0 Å². The van der Waals surface area contributed by atoms with Crippen LogP contribution in [0, 0.1) is 5.82 Å². The Morgan fingerprint density at radius 1 is 1.12 bits per heavy atom. The van der Waals surface area contributed by atoms with Crippen LogP contribution in [-0.4, -0.2) is 29.9 Å². The third-order valence-corrected chi connectivity index (χ3v) is 3.27. The van der Waals surface area contributed by atoms with Gasteiger partial charge < -0.3 is 10.6 Å². The number of rotatable bonds is 7. The van der Waals surface area contributed by atoms with Gasteiger partial charge in [-0.1, -0.05) is 18.2 Å². The van der Waals surface area contributed by atoms with Crippen LogP contribution in [0.4, 0.5) is 4.39 Å². The lowest BCUT2D eigenvalue weighted by Crippen LogP contribution is -2.28. The van der Waals surface area contributed by atoms with Gasteiger partial charge in [-0.15, -0.1) is 6.58 Å². The zero-order valence-corrected chi connectivity index (χ0v) is 13.1. The maximum atomic E-state index is 12.8. The highest BCUT2D eigenvalue weighted by Gasteiger charge is 2.11. The number of amides is 2. The molecule has 0 spiro atoms. The summed E-state index contributed by atoms with van der Waals surface area (Å²) in [4.78, 5) is 27.9. The first-order chi connectivity index (χ1) is 11.6. The lowest BCUT2D eigenvalue weighted by molar-refractivity contribution is 0.0949. The molecule has 5 nitrogen and oxygen atoms in total. The van der Waals surface area contributed by atoms with Crippen LogP contribution in [0.3, 0.4) is 0 Å². The largest absolute Gasteiger partial charge is 0.350 e. The maximum absolute atomic E-state index is 12.8. The number of nitrogens with one attached hydrogen (secondary N) is 2. The average Bonchev–Trinajstić information content (AvgIpc) is 2.61. The standard InChI is InChI=1S/C18H18FN3O2/c1-2-9-21-17(23)14-8-11-20-16(12-14)18(24)22-10-7-13-3-5-15(19)6-4-13/h2-6,8,11-12H,1,7,9-10H2,(H,21,23)(H,22,24). The number of nitrogens with zero attached hydrogens (tertiary/aromatic N) is 1. The zero-order chi connectivity index (χ0) is 17.4. The van der Waals surface area contributed by atoms with E-state index >= 15 is 0 Å². The minimum absolute atomic E-state index is 0.167. The van der Waals surface area contributed by atoms with Gasteiger partial charge in [-0.25, -0.2) is 4.39 Å². The SMILES string of the molecule is C=CCNC(=O)c1ccnc(C(=O)NCCc2ccc(F)cc2)c1. The molecule has 2 rings (SSSR count). The molecule has 0 aliphatic carbocycles. The van der Waals surface area contributed by atoms with Crippen molar-refractivity contribution < 1.29 is 14.0 Å². The highest BCUT2D eigenvalue weighted by molar-refractivity contribution is 5.98. The van der Waals surface area contributed by atoms with Crippen molar-refractivity contribution in [1.82, 2.24) is 15.6 Å². The van der Waals surface area contributed by atoms with Gasteiger partial charge in [0, 0.05) is 24.8 Å². The summed E-state index contributed by atoms with van der Waals surface area (Å²) in [6.07, 6.45) is 3.56. The van der Waals surface area contributed by atoms with Crippen molar-refractivity contribution in [2.75, 3.05) is 13.1 Å². The molecule has 0 saturated heterocycles. The fraction of sp³-hybridized carbons (Fsp3) is 0.167. The van der Waals surface area contributed by atoms with E-state index in [1.165, 1.54) is 30.5 Å². The van der Waals surface area contributed by atoms with E-state index in [-0.39, 0.29) is 23.3 Å². The Hall–Kier alpha value is -3.02. The molecule has 2 amide bonds. The zero-order valence-electron chi connectivity index (χ0n) is 13.1. The van der Waals surface area contributed by atoms with Gasteiger partial charge >= 0.3 is 0 Å². The first kappa shape index (κ1) is 17.3. The van der Waals surface area contributed by atoms with E-state index < -0.39 is 0 Å². The molecule has 0 aliphatic heterocycles. The number of hydrogen-bond donors (Lipinski definition) is 2. The minimum atomic E-state index is -0.365. The topological polar surface area (TPSA) is 71.1 Å². The summed E-state index contributed by atoms with van der Waals surface area (Å²) in [5.41, 5.74) is 1.44. The molecule has 0 radical (unpaired) electrons. The second kappa shape index (κ2) is 8.57. The summed E-state index contributed by atoms with van der Waals surface area (Å²) in [6, 6.07) is 9.07. The molecule has 0 fully saturated rings. The molecule has 0 aliphatic rings. The van der Waals surface area contributed by atoms with Crippen LogP contribution in [0.25, 0.3) is 0 Å². The summed E-state index contributed by atoms with van der Waals surface area (Å²) in [5.74, 6) is -0.952. The van der Waals surface area contributed by atoms with E-state index in [4.69, 9.17) is 0 Å². The van der Waals surface area contributed by atoms with E-state index in [0.717, 1.165) is 5.56 Å². The fourth-order valence-corrected chi connectivity index (χ4v) is 2.02. The quantitative estimate of drug-likeness (QED) is 0.765. The highest BCUT2D eigenvalue weighted by Crippen LogP contribution is 2.04. The Morgan fingerprint density at radius 2 is 1.88 bits per heavy atom. The third-order valence-electron chi connectivity index (χ3n) is 3.27. The monoisotopic (exact) mass is 327 g/mol. The number of hydrogen-bond acceptors (Lipinski definition) is 3. The summed E-state index contributed by atoms with van der Waals surface area (Å²) in [5, 5.41) is 5.37. The van der Waals surface area contributed by atoms with E-state index in [9.17, 15) is 14.0 Å². The number of halogens is 1. The van der Waals surface area contributed by atoms with Crippen LogP contribution in [0.1, 0.15) is 26.4 Å². The Bertz CT molecular complexity index is 729. The van der Waals surface area contributed by atoms with Crippen molar-refractivity contribution in [2.24, 2.45) is 0 Å². The molecule has 0 atom stereocenters. The number of aromatic nitrogens is 1. The van der Waals surface area contributed by atoms with Crippen molar-refractivity contribution in [3.05, 3.63) is 77.9 Å². The molecule has 0 saturated carbocycles.